The molecule has 0 spiro atoms. The van der Waals surface area contributed by atoms with Gasteiger partial charge >= 0.3 is 0 Å². The number of carbonyl (C=O) groups excluding carboxylic acids is 2. The van der Waals surface area contributed by atoms with E-state index in [1.165, 1.54) is 24.3 Å². The number of rotatable bonds is 4. The highest BCUT2D eigenvalue weighted by Gasteiger charge is 2.10. The Bertz CT molecular complexity index is 640. The molecule has 6 heteroatoms. The van der Waals surface area contributed by atoms with E-state index in [9.17, 15) is 14.0 Å². The van der Waals surface area contributed by atoms with Gasteiger partial charge < -0.3 is 10.6 Å². The minimum atomic E-state index is -0.349. The maximum absolute atomic E-state index is 13.4. The van der Waals surface area contributed by atoms with Gasteiger partial charge in [0, 0.05) is 19.0 Å². The Morgan fingerprint density at radius 3 is 2.65 bits per heavy atom. The SMILES string of the molecule is CC(=O)Nc1ccc(C(=O)NCc2ccccc2F)s1. The minimum absolute atomic E-state index is 0.124. The van der Waals surface area contributed by atoms with Crippen molar-refractivity contribution in [3.8, 4) is 0 Å². The fourth-order valence-corrected chi connectivity index (χ4v) is 2.47. The molecule has 104 valence electrons. The smallest absolute Gasteiger partial charge is 0.261 e. The first-order valence-electron chi connectivity index (χ1n) is 5.95. The molecule has 0 bridgehead atoms. The highest BCUT2D eigenvalue weighted by molar-refractivity contribution is 7.18. The van der Waals surface area contributed by atoms with E-state index in [0.717, 1.165) is 0 Å². The van der Waals surface area contributed by atoms with Gasteiger partial charge in [0.25, 0.3) is 5.91 Å². The zero-order chi connectivity index (χ0) is 14.5. The van der Waals surface area contributed by atoms with Crippen molar-refractivity contribution in [1.29, 1.82) is 0 Å². The summed E-state index contributed by atoms with van der Waals surface area (Å²) < 4.78 is 13.4. The summed E-state index contributed by atoms with van der Waals surface area (Å²) in [5, 5.41) is 5.85. The molecule has 0 radical (unpaired) electrons. The Hall–Kier alpha value is -2.21. The number of nitrogens with one attached hydrogen (secondary N) is 2. The van der Waals surface area contributed by atoms with Crippen molar-refractivity contribution >= 4 is 28.2 Å². The number of thiophene rings is 1. The summed E-state index contributed by atoms with van der Waals surface area (Å²) in [4.78, 5) is 23.2. The zero-order valence-electron chi connectivity index (χ0n) is 10.8. The quantitative estimate of drug-likeness (QED) is 0.910. The first-order valence-corrected chi connectivity index (χ1v) is 6.77. The van der Waals surface area contributed by atoms with E-state index in [4.69, 9.17) is 0 Å². The minimum Gasteiger partial charge on any atom is -0.347 e. The average Bonchev–Trinajstić information content (AvgIpc) is 2.85. The van der Waals surface area contributed by atoms with E-state index in [-0.39, 0.29) is 24.2 Å². The van der Waals surface area contributed by atoms with Crippen LogP contribution < -0.4 is 10.6 Å². The van der Waals surface area contributed by atoms with Crippen molar-refractivity contribution < 1.29 is 14.0 Å². The summed E-state index contributed by atoms with van der Waals surface area (Å²) in [6.07, 6.45) is 0. The van der Waals surface area contributed by atoms with Crippen molar-refractivity contribution in [3.63, 3.8) is 0 Å². The van der Waals surface area contributed by atoms with Crippen LogP contribution in [0.2, 0.25) is 0 Å². The van der Waals surface area contributed by atoms with E-state index >= 15 is 0 Å². The maximum Gasteiger partial charge on any atom is 0.261 e. The van der Waals surface area contributed by atoms with Gasteiger partial charge in [0.2, 0.25) is 5.91 Å². The van der Waals surface area contributed by atoms with Crippen molar-refractivity contribution in [2.24, 2.45) is 0 Å². The molecule has 1 heterocycles. The van der Waals surface area contributed by atoms with E-state index in [1.54, 1.807) is 30.3 Å². The molecular formula is C14H13FN2O2S. The number of hydrogen-bond acceptors (Lipinski definition) is 3. The molecule has 0 aliphatic rings. The fraction of sp³-hybridized carbons (Fsp3) is 0.143. The molecule has 0 unspecified atom stereocenters. The monoisotopic (exact) mass is 292 g/mol. The van der Waals surface area contributed by atoms with Crippen molar-refractivity contribution in [1.82, 2.24) is 5.32 Å². The molecule has 2 rings (SSSR count). The lowest BCUT2D eigenvalue weighted by molar-refractivity contribution is -0.114. The Morgan fingerprint density at radius 1 is 1.20 bits per heavy atom. The van der Waals surface area contributed by atoms with Gasteiger partial charge in [0.15, 0.2) is 0 Å². The summed E-state index contributed by atoms with van der Waals surface area (Å²) in [5.41, 5.74) is 0.430. The van der Waals surface area contributed by atoms with Gasteiger partial charge in [0.1, 0.15) is 5.82 Å². The summed E-state index contributed by atoms with van der Waals surface area (Å²) in [6.45, 7) is 1.52. The molecule has 2 aromatic rings. The largest absolute Gasteiger partial charge is 0.347 e. The van der Waals surface area contributed by atoms with E-state index < -0.39 is 0 Å². The number of amides is 2. The molecule has 4 nitrogen and oxygen atoms in total. The van der Waals surface area contributed by atoms with Crippen LogP contribution in [0.1, 0.15) is 22.2 Å². The molecular weight excluding hydrogens is 279 g/mol. The molecule has 1 aromatic heterocycles. The van der Waals surface area contributed by atoms with E-state index in [0.29, 0.717) is 15.4 Å². The van der Waals surface area contributed by atoms with Crippen LogP contribution in [0.5, 0.6) is 0 Å². The van der Waals surface area contributed by atoms with Crippen LogP contribution in [0, 0.1) is 5.82 Å². The number of benzene rings is 1. The van der Waals surface area contributed by atoms with Crippen molar-refractivity contribution in [2.75, 3.05) is 5.32 Å². The molecule has 0 aliphatic heterocycles. The Kier molecular flexibility index (Phi) is 4.47. The maximum atomic E-state index is 13.4. The molecule has 2 N–H and O–H groups in total. The predicted molar refractivity (Wildman–Crippen MR) is 76.2 cm³/mol. The van der Waals surface area contributed by atoms with Crippen LogP contribution in [-0.2, 0) is 11.3 Å². The van der Waals surface area contributed by atoms with Crippen LogP contribution in [0.15, 0.2) is 36.4 Å². The van der Waals surface area contributed by atoms with Crippen LogP contribution >= 0.6 is 11.3 Å². The molecule has 1 aromatic carbocycles. The highest BCUT2D eigenvalue weighted by Crippen LogP contribution is 2.21. The normalized spacial score (nSPS) is 10.1. The molecule has 0 atom stereocenters. The number of halogens is 1. The van der Waals surface area contributed by atoms with Crippen molar-refractivity contribution in [3.05, 3.63) is 52.7 Å². The van der Waals surface area contributed by atoms with Crippen molar-refractivity contribution in [2.45, 2.75) is 13.5 Å². The fourth-order valence-electron chi connectivity index (χ4n) is 1.60. The van der Waals surface area contributed by atoms with Crippen LogP contribution in [0.4, 0.5) is 9.39 Å². The second-order valence-electron chi connectivity index (χ2n) is 4.12. The summed E-state index contributed by atoms with van der Waals surface area (Å²) in [7, 11) is 0. The zero-order valence-corrected chi connectivity index (χ0v) is 11.6. The number of hydrogen-bond donors (Lipinski definition) is 2. The first-order chi connectivity index (χ1) is 9.56. The van der Waals surface area contributed by atoms with Gasteiger partial charge in [-0.3, -0.25) is 9.59 Å². The Labute approximate surface area is 119 Å². The summed E-state index contributed by atoms with van der Waals surface area (Å²) in [5.74, 6) is -0.835. The molecule has 2 amide bonds. The predicted octanol–water partition coefficient (Wildman–Crippen LogP) is 2.78. The van der Waals surface area contributed by atoms with Gasteiger partial charge in [-0.05, 0) is 18.2 Å². The third-order valence-corrected chi connectivity index (χ3v) is 3.53. The Balaban J connectivity index is 1.97. The summed E-state index contributed by atoms with van der Waals surface area (Å²) >= 11 is 1.17. The third kappa shape index (κ3) is 3.64. The molecule has 20 heavy (non-hydrogen) atoms. The standard InChI is InChI=1S/C14H13FN2O2S/c1-9(18)17-13-7-6-12(20-13)14(19)16-8-10-4-2-3-5-11(10)15/h2-7H,8H2,1H3,(H,16,19)(H,17,18). The van der Waals surface area contributed by atoms with Gasteiger partial charge in [-0.25, -0.2) is 4.39 Å². The lowest BCUT2D eigenvalue weighted by Gasteiger charge is -2.04. The van der Waals surface area contributed by atoms with Crippen LogP contribution in [0.3, 0.4) is 0 Å². The van der Waals surface area contributed by atoms with E-state index in [2.05, 4.69) is 10.6 Å². The van der Waals surface area contributed by atoms with Gasteiger partial charge in [-0.1, -0.05) is 18.2 Å². The second kappa shape index (κ2) is 6.29. The highest BCUT2D eigenvalue weighted by atomic mass is 32.1. The molecule has 0 saturated heterocycles. The van der Waals surface area contributed by atoms with Gasteiger partial charge in [-0.2, -0.15) is 0 Å². The van der Waals surface area contributed by atoms with Gasteiger partial charge in [0.05, 0.1) is 9.88 Å². The van der Waals surface area contributed by atoms with Crippen LogP contribution in [0.25, 0.3) is 0 Å². The first kappa shape index (κ1) is 14.2. The van der Waals surface area contributed by atoms with E-state index in [1.807, 2.05) is 0 Å². The second-order valence-corrected chi connectivity index (χ2v) is 5.20. The topological polar surface area (TPSA) is 58.2 Å². The molecule has 0 aliphatic carbocycles. The molecule has 0 fully saturated rings. The Morgan fingerprint density at radius 2 is 1.95 bits per heavy atom. The third-order valence-electron chi connectivity index (χ3n) is 2.53. The number of anilines is 1. The lowest BCUT2D eigenvalue weighted by atomic mass is 10.2. The number of carbonyl (C=O) groups is 2. The molecule has 0 saturated carbocycles. The van der Waals surface area contributed by atoms with Gasteiger partial charge in [-0.15, -0.1) is 11.3 Å². The van der Waals surface area contributed by atoms with Crippen LogP contribution in [-0.4, -0.2) is 11.8 Å². The summed E-state index contributed by atoms with van der Waals surface area (Å²) in [6, 6.07) is 9.55. The lowest BCUT2D eigenvalue weighted by Crippen LogP contribution is -2.22. The average molecular weight is 292 g/mol.